The van der Waals surface area contributed by atoms with Gasteiger partial charge in [0.2, 0.25) is 0 Å². The smallest absolute Gasteiger partial charge is 0.314 e. The number of unbranched alkanes of at least 4 members (excludes halogenated alkanes) is 5. The lowest BCUT2D eigenvalue weighted by atomic mass is 10.1. The van der Waals surface area contributed by atoms with Gasteiger partial charge in [0, 0.05) is 13.1 Å². The molecule has 83 valence electrons. The van der Waals surface area contributed by atoms with Crippen LogP contribution in [0.3, 0.4) is 0 Å². The third-order valence-corrected chi connectivity index (χ3v) is 2.10. The number of rotatable bonds is 8. The minimum Gasteiger partial charge on any atom is -0.338 e. The number of carbonyl (C=O) groups excluding carboxylic acids is 1. The van der Waals surface area contributed by atoms with Crippen LogP contribution in [-0.2, 0) is 0 Å². The number of carbonyl (C=O) groups is 1. The molecule has 0 aromatic rings. The normalized spacial score (nSPS) is 9.86. The molecule has 0 spiro atoms. The predicted octanol–water partition coefficient (Wildman–Crippen LogP) is 2.48. The molecule has 0 bridgehead atoms. The molecular formula is C11H23N2O. The molecule has 0 aromatic heterocycles. The summed E-state index contributed by atoms with van der Waals surface area (Å²) < 4.78 is 0. The maximum atomic E-state index is 10.9. The summed E-state index contributed by atoms with van der Waals surface area (Å²) in [5, 5.41) is 5.38. The predicted molar refractivity (Wildman–Crippen MR) is 60.1 cm³/mol. The van der Waals surface area contributed by atoms with Crippen molar-refractivity contribution in [3.63, 3.8) is 0 Å². The Hall–Kier alpha value is -0.730. The van der Waals surface area contributed by atoms with Gasteiger partial charge in [0.05, 0.1) is 0 Å². The van der Waals surface area contributed by atoms with E-state index in [0.717, 1.165) is 13.0 Å². The average Bonchev–Trinajstić information content (AvgIpc) is 2.17. The van der Waals surface area contributed by atoms with Gasteiger partial charge in [-0.2, -0.15) is 0 Å². The van der Waals surface area contributed by atoms with Crippen molar-refractivity contribution in [2.24, 2.45) is 0 Å². The van der Waals surface area contributed by atoms with E-state index in [1.54, 1.807) is 0 Å². The van der Waals surface area contributed by atoms with Crippen molar-refractivity contribution < 1.29 is 4.79 Å². The highest BCUT2D eigenvalue weighted by Gasteiger charge is 1.95. The van der Waals surface area contributed by atoms with Crippen molar-refractivity contribution in [2.75, 3.05) is 13.1 Å². The van der Waals surface area contributed by atoms with Crippen molar-refractivity contribution >= 4 is 6.03 Å². The van der Waals surface area contributed by atoms with Gasteiger partial charge in [0.1, 0.15) is 0 Å². The zero-order valence-corrected chi connectivity index (χ0v) is 9.27. The first-order chi connectivity index (χ1) is 6.81. The lowest BCUT2D eigenvalue weighted by Gasteiger charge is -2.05. The van der Waals surface area contributed by atoms with Crippen LogP contribution in [0.4, 0.5) is 4.79 Å². The van der Waals surface area contributed by atoms with Crippen LogP contribution in [0, 0.1) is 6.92 Å². The van der Waals surface area contributed by atoms with Crippen LogP contribution in [0.5, 0.6) is 0 Å². The lowest BCUT2D eigenvalue weighted by molar-refractivity contribution is 0.241. The summed E-state index contributed by atoms with van der Waals surface area (Å²) in [6, 6.07) is -0.103. The Kier molecular flexibility index (Phi) is 9.81. The molecule has 0 saturated carbocycles. The average molecular weight is 199 g/mol. The quantitative estimate of drug-likeness (QED) is 0.579. The number of hydrogen-bond acceptors (Lipinski definition) is 1. The number of nitrogens with one attached hydrogen (secondary N) is 2. The standard InChI is InChI=1S/C11H23N2O/c1-3-5-6-7-8-9-10-13-11(14)12-4-2/h2-10H2,1H3,(H2,12,13,14). The molecule has 0 saturated heterocycles. The largest absolute Gasteiger partial charge is 0.338 e. The SMILES string of the molecule is [CH2]CNC(=O)NCCCCCCCC. The molecule has 2 amide bonds. The highest BCUT2D eigenvalue weighted by molar-refractivity contribution is 5.73. The van der Waals surface area contributed by atoms with E-state index < -0.39 is 0 Å². The summed E-state index contributed by atoms with van der Waals surface area (Å²) >= 11 is 0. The second-order valence-electron chi connectivity index (χ2n) is 3.45. The van der Waals surface area contributed by atoms with Gasteiger partial charge in [0.25, 0.3) is 0 Å². The van der Waals surface area contributed by atoms with Gasteiger partial charge in [-0.25, -0.2) is 4.79 Å². The summed E-state index contributed by atoms with van der Waals surface area (Å²) in [6.45, 7) is 6.97. The lowest BCUT2D eigenvalue weighted by Crippen LogP contribution is -2.35. The van der Waals surface area contributed by atoms with Crippen molar-refractivity contribution in [2.45, 2.75) is 45.4 Å². The van der Waals surface area contributed by atoms with E-state index in [9.17, 15) is 4.79 Å². The highest BCUT2D eigenvalue weighted by Crippen LogP contribution is 2.03. The van der Waals surface area contributed by atoms with Crippen LogP contribution in [-0.4, -0.2) is 19.1 Å². The van der Waals surface area contributed by atoms with Gasteiger partial charge >= 0.3 is 6.03 Å². The molecule has 3 nitrogen and oxygen atoms in total. The van der Waals surface area contributed by atoms with Crippen molar-refractivity contribution in [1.82, 2.24) is 10.6 Å². The molecule has 0 rings (SSSR count). The van der Waals surface area contributed by atoms with E-state index >= 15 is 0 Å². The van der Waals surface area contributed by atoms with E-state index in [1.165, 1.54) is 32.1 Å². The Morgan fingerprint density at radius 2 is 1.71 bits per heavy atom. The van der Waals surface area contributed by atoms with E-state index in [4.69, 9.17) is 0 Å². The Labute approximate surface area is 87.6 Å². The first-order valence-electron chi connectivity index (χ1n) is 5.62. The summed E-state index contributed by atoms with van der Waals surface area (Å²) in [7, 11) is 0. The second-order valence-corrected chi connectivity index (χ2v) is 3.45. The fraction of sp³-hybridized carbons (Fsp3) is 0.818. The maximum absolute atomic E-state index is 10.9. The van der Waals surface area contributed by atoms with Gasteiger partial charge < -0.3 is 10.6 Å². The molecule has 3 heteroatoms. The molecule has 14 heavy (non-hydrogen) atoms. The van der Waals surface area contributed by atoms with Gasteiger partial charge in [-0.1, -0.05) is 39.0 Å². The minimum absolute atomic E-state index is 0.103. The molecule has 2 N–H and O–H groups in total. The highest BCUT2D eigenvalue weighted by atomic mass is 16.2. The Bertz CT molecular complexity index is 137. The molecule has 0 heterocycles. The number of urea groups is 1. The Balaban J connectivity index is 3.01. The summed E-state index contributed by atoms with van der Waals surface area (Å²) in [5.74, 6) is 0. The van der Waals surface area contributed by atoms with Crippen molar-refractivity contribution in [3.05, 3.63) is 6.92 Å². The van der Waals surface area contributed by atoms with Crippen LogP contribution < -0.4 is 10.6 Å². The maximum Gasteiger partial charge on any atom is 0.314 e. The van der Waals surface area contributed by atoms with Crippen LogP contribution >= 0.6 is 0 Å². The second kappa shape index (κ2) is 10.4. The Morgan fingerprint density at radius 3 is 2.36 bits per heavy atom. The zero-order chi connectivity index (χ0) is 10.6. The third kappa shape index (κ3) is 9.36. The van der Waals surface area contributed by atoms with Crippen molar-refractivity contribution in [1.29, 1.82) is 0 Å². The van der Waals surface area contributed by atoms with E-state index in [1.807, 2.05) is 0 Å². The zero-order valence-electron chi connectivity index (χ0n) is 9.27. The minimum atomic E-state index is -0.103. The fourth-order valence-corrected chi connectivity index (χ4v) is 1.28. The first kappa shape index (κ1) is 13.3. The summed E-state index contributed by atoms with van der Waals surface area (Å²) in [4.78, 5) is 10.9. The topological polar surface area (TPSA) is 41.1 Å². The molecule has 1 radical (unpaired) electrons. The van der Waals surface area contributed by atoms with Gasteiger partial charge in [-0.3, -0.25) is 0 Å². The fourth-order valence-electron chi connectivity index (χ4n) is 1.28. The van der Waals surface area contributed by atoms with E-state index in [-0.39, 0.29) is 6.03 Å². The van der Waals surface area contributed by atoms with Crippen LogP contribution in [0.2, 0.25) is 0 Å². The molecule has 0 aliphatic carbocycles. The monoisotopic (exact) mass is 199 g/mol. The molecule has 0 aliphatic rings. The van der Waals surface area contributed by atoms with E-state index in [2.05, 4.69) is 24.5 Å². The van der Waals surface area contributed by atoms with Gasteiger partial charge in [-0.05, 0) is 13.3 Å². The van der Waals surface area contributed by atoms with Crippen LogP contribution in [0.15, 0.2) is 0 Å². The molecule has 0 aromatic carbocycles. The third-order valence-electron chi connectivity index (χ3n) is 2.10. The summed E-state index contributed by atoms with van der Waals surface area (Å²) in [5.41, 5.74) is 0. The van der Waals surface area contributed by atoms with Crippen molar-refractivity contribution in [3.8, 4) is 0 Å². The molecule has 0 unspecified atom stereocenters. The van der Waals surface area contributed by atoms with Gasteiger partial charge in [0.15, 0.2) is 0 Å². The van der Waals surface area contributed by atoms with Crippen LogP contribution in [0.25, 0.3) is 0 Å². The molecule has 0 fully saturated rings. The van der Waals surface area contributed by atoms with Crippen LogP contribution in [0.1, 0.15) is 45.4 Å². The number of hydrogen-bond donors (Lipinski definition) is 2. The molecular weight excluding hydrogens is 176 g/mol. The summed E-state index contributed by atoms with van der Waals surface area (Å²) in [6.07, 6.45) is 7.51. The number of amides is 2. The Morgan fingerprint density at radius 1 is 1.07 bits per heavy atom. The van der Waals surface area contributed by atoms with Gasteiger partial charge in [-0.15, -0.1) is 0 Å². The molecule has 0 aliphatic heterocycles. The first-order valence-corrected chi connectivity index (χ1v) is 5.62. The molecule has 0 atom stereocenters. The van der Waals surface area contributed by atoms with E-state index in [0.29, 0.717) is 6.54 Å².